The van der Waals surface area contributed by atoms with Crippen LogP contribution in [-0.4, -0.2) is 39.8 Å². The van der Waals surface area contributed by atoms with Crippen LogP contribution in [0.5, 0.6) is 0 Å². The minimum absolute atomic E-state index is 0.110. The highest BCUT2D eigenvalue weighted by Gasteiger charge is 2.19. The number of nitrogens with zero attached hydrogens (tertiary/aromatic N) is 3. The van der Waals surface area contributed by atoms with Crippen LogP contribution in [0.15, 0.2) is 48.1 Å². The number of para-hydroxylation sites is 1. The summed E-state index contributed by atoms with van der Waals surface area (Å²) in [4.78, 5) is 16.7. The quantitative estimate of drug-likeness (QED) is 0.763. The van der Waals surface area contributed by atoms with Crippen molar-refractivity contribution in [3.8, 4) is 16.3 Å². The first-order valence-electron chi connectivity index (χ1n) is 7.87. The molecule has 2 N–H and O–H groups in total. The molecule has 0 bridgehead atoms. The van der Waals surface area contributed by atoms with Gasteiger partial charge in [-0.05, 0) is 25.1 Å². The van der Waals surface area contributed by atoms with Crippen molar-refractivity contribution in [1.82, 2.24) is 25.4 Å². The zero-order chi connectivity index (χ0) is 16.4. The minimum Gasteiger partial charge on any atom is -0.347 e. The summed E-state index contributed by atoms with van der Waals surface area (Å²) in [6, 6.07) is 10.1. The topological polar surface area (TPSA) is 71.8 Å². The second kappa shape index (κ2) is 6.54. The third-order valence-electron chi connectivity index (χ3n) is 3.98. The van der Waals surface area contributed by atoms with E-state index in [2.05, 4.69) is 20.7 Å². The third-order valence-corrected chi connectivity index (χ3v) is 4.87. The lowest BCUT2D eigenvalue weighted by Crippen LogP contribution is -2.36. The molecule has 3 aromatic rings. The zero-order valence-electron chi connectivity index (χ0n) is 13.0. The van der Waals surface area contributed by atoms with E-state index < -0.39 is 0 Å². The van der Waals surface area contributed by atoms with Crippen LogP contribution in [0.4, 0.5) is 0 Å². The molecule has 1 fully saturated rings. The number of carbonyl (C=O) groups is 1. The molecule has 1 amide bonds. The van der Waals surface area contributed by atoms with Gasteiger partial charge in [0.15, 0.2) is 0 Å². The van der Waals surface area contributed by atoms with E-state index in [4.69, 9.17) is 0 Å². The van der Waals surface area contributed by atoms with Crippen molar-refractivity contribution >= 4 is 17.2 Å². The van der Waals surface area contributed by atoms with Crippen molar-refractivity contribution in [3.05, 3.63) is 53.8 Å². The smallest absolute Gasteiger partial charge is 0.271 e. The molecule has 1 aliphatic rings. The molecule has 6 nitrogen and oxygen atoms in total. The number of carbonyl (C=O) groups excluding carboxylic acids is 1. The van der Waals surface area contributed by atoms with E-state index in [-0.39, 0.29) is 11.9 Å². The highest BCUT2D eigenvalue weighted by atomic mass is 32.1. The Morgan fingerprint density at radius 2 is 2.21 bits per heavy atom. The van der Waals surface area contributed by atoms with Gasteiger partial charge in [-0.25, -0.2) is 9.67 Å². The van der Waals surface area contributed by atoms with Crippen LogP contribution in [0.1, 0.15) is 16.9 Å². The van der Waals surface area contributed by atoms with Crippen LogP contribution < -0.4 is 10.6 Å². The number of rotatable bonds is 4. The largest absolute Gasteiger partial charge is 0.347 e. The number of aromatic nitrogens is 3. The molecule has 0 spiro atoms. The Kier molecular flexibility index (Phi) is 4.10. The maximum absolute atomic E-state index is 12.3. The average Bonchev–Trinajstić information content (AvgIpc) is 3.36. The first-order chi connectivity index (χ1) is 11.8. The first kappa shape index (κ1) is 15.0. The highest BCUT2D eigenvalue weighted by Crippen LogP contribution is 2.24. The van der Waals surface area contributed by atoms with Crippen molar-refractivity contribution in [2.45, 2.75) is 12.5 Å². The van der Waals surface area contributed by atoms with E-state index in [1.54, 1.807) is 16.3 Å². The lowest BCUT2D eigenvalue weighted by molar-refractivity contribution is 0.0936. The summed E-state index contributed by atoms with van der Waals surface area (Å²) in [6.07, 6.45) is 4.66. The van der Waals surface area contributed by atoms with Crippen LogP contribution in [0.3, 0.4) is 0 Å². The van der Waals surface area contributed by atoms with Crippen LogP contribution in [0, 0.1) is 0 Å². The molecule has 0 radical (unpaired) electrons. The molecule has 3 heterocycles. The van der Waals surface area contributed by atoms with Crippen molar-refractivity contribution in [1.29, 1.82) is 0 Å². The predicted octanol–water partition coefficient (Wildman–Crippen LogP) is 2.09. The third kappa shape index (κ3) is 3.08. The first-order valence-corrected chi connectivity index (χ1v) is 8.75. The lowest BCUT2D eigenvalue weighted by atomic mass is 10.2. The summed E-state index contributed by atoms with van der Waals surface area (Å²) in [5, 5.41) is 13.2. The van der Waals surface area contributed by atoms with Crippen LogP contribution in [0.2, 0.25) is 0 Å². The number of hydrogen-bond donors (Lipinski definition) is 2. The van der Waals surface area contributed by atoms with Crippen molar-refractivity contribution in [3.63, 3.8) is 0 Å². The molecule has 0 unspecified atom stereocenters. The molecule has 122 valence electrons. The van der Waals surface area contributed by atoms with Crippen molar-refractivity contribution in [2.75, 3.05) is 13.1 Å². The van der Waals surface area contributed by atoms with Gasteiger partial charge in [-0.3, -0.25) is 4.79 Å². The molecule has 24 heavy (non-hydrogen) atoms. The molecule has 0 saturated carbocycles. The molecule has 4 rings (SSSR count). The van der Waals surface area contributed by atoms with Gasteiger partial charge in [0.2, 0.25) is 0 Å². The molecular weight excluding hydrogens is 322 g/mol. The van der Waals surface area contributed by atoms with Gasteiger partial charge in [0.05, 0.1) is 11.9 Å². The average molecular weight is 339 g/mol. The van der Waals surface area contributed by atoms with Gasteiger partial charge >= 0.3 is 0 Å². The molecule has 1 aromatic carbocycles. The van der Waals surface area contributed by atoms with Crippen LogP contribution in [0.25, 0.3) is 16.3 Å². The summed E-state index contributed by atoms with van der Waals surface area (Å²) in [6.45, 7) is 1.78. The Bertz CT molecular complexity index is 836. The molecule has 1 saturated heterocycles. The van der Waals surface area contributed by atoms with E-state index in [9.17, 15) is 4.79 Å². The number of nitrogens with one attached hydrogen (secondary N) is 2. The number of amides is 1. The number of thiazole rings is 1. The van der Waals surface area contributed by atoms with Gasteiger partial charge in [0.25, 0.3) is 5.91 Å². The predicted molar refractivity (Wildman–Crippen MR) is 93.4 cm³/mol. The summed E-state index contributed by atoms with van der Waals surface area (Å²) in [5.74, 6) is -0.110. The summed E-state index contributed by atoms with van der Waals surface area (Å²) >= 11 is 1.46. The molecule has 7 heteroatoms. The number of hydrogen-bond acceptors (Lipinski definition) is 5. The Labute approximate surface area is 143 Å². The number of benzene rings is 1. The summed E-state index contributed by atoms with van der Waals surface area (Å²) in [5.41, 5.74) is 2.37. The molecular formula is C17H17N5OS. The second-order valence-electron chi connectivity index (χ2n) is 5.71. The Hall–Kier alpha value is -2.51. The fourth-order valence-electron chi connectivity index (χ4n) is 2.70. The fraction of sp³-hybridized carbons (Fsp3) is 0.235. The molecule has 2 aromatic heterocycles. The highest BCUT2D eigenvalue weighted by molar-refractivity contribution is 7.13. The SMILES string of the molecule is O=C(N[C@@H]1CCNC1)c1csc(-c2cnn(-c3ccccc3)c2)n1. The zero-order valence-corrected chi connectivity index (χ0v) is 13.8. The van der Waals surface area contributed by atoms with Gasteiger partial charge in [-0.15, -0.1) is 11.3 Å². The lowest BCUT2D eigenvalue weighted by Gasteiger charge is -2.09. The van der Waals surface area contributed by atoms with E-state index in [1.807, 2.05) is 36.5 Å². The van der Waals surface area contributed by atoms with Crippen molar-refractivity contribution in [2.24, 2.45) is 0 Å². The van der Waals surface area contributed by atoms with Gasteiger partial charge in [-0.1, -0.05) is 18.2 Å². The maximum atomic E-state index is 12.3. The van der Waals surface area contributed by atoms with Crippen LogP contribution in [-0.2, 0) is 0 Å². The Morgan fingerprint density at radius 3 is 3.00 bits per heavy atom. The normalized spacial score (nSPS) is 17.1. The fourth-order valence-corrected chi connectivity index (χ4v) is 3.48. The van der Waals surface area contributed by atoms with Gasteiger partial charge < -0.3 is 10.6 Å². The molecule has 1 atom stereocenters. The van der Waals surface area contributed by atoms with E-state index >= 15 is 0 Å². The summed E-state index contributed by atoms with van der Waals surface area (Å²) < 4.78 is 1.81. The Morgan fingerprint density at radius 1 is 1.33 bits per heavy atom. The van der Waals surface area contributed by atoms with E-state index in [0.717, 1.165) is 35.8 Å². The van der Waals surface area contributed by atoms with E-state index in [0.29, 0.717) is 5.69 Å². The minimum atomic E-state index is -0.110. The van der Waals surface area contributed by atoms with E-state index in [1.165, 1.54) is 11.3 Å². The van der Waals surface area contributed by atoms with Gasteiger partial charge in [-0.2, -0.15) is 5.10 Å². The standard InChI is InChI=1S/C17H17N5OS/c23-16(20-13-6-7-18-9-13)15-11-24-17(21-15)12-8-19-22(10-12)14-4-2-1-3-5-14/h1-5,8,10-11,13,18H,6-7,9H2,(H,20,23)/t13-/m1/s1. The van der Waals surface area contributed by atoms with Crippen LogP contribution >= 0.6 is 11.3 Å². The van der Waals surface area contributed by atoms with Gasteiger partial charge in [0.1, 0.15) is 10.7 Å². The summed E-state index contributed by atoms with van der Waals surface area (Å²) in [7, 11) is 0. The Balaban J connectivity index is 1.50. The van der Waals surface area contributed by atoms with Gasteiger partial charge in [0, 0.05) is 29.7 Å². The second-order valence-corrected chi connectivity index (χ2v) is 6.57. The molecule has 0 aliphatic carbocycles. The molecule has 1 aliphatic heterocycles. The van der Waals surface area contributed by atoms with Crippen molar-refractivity contribution < 1.29 is 4.79 Å². The maximum Gasteiger partial charge on any atom is 0.271 e. The monoisotopic (exact) mass is 339 g/mol.